The highest BCUT2D eigenvalue weighted by molar-refractivity contribution is 5.95. The zero-order chi connectivity index (χ0) is 22.1. The van der Waals surface area contributed by atoms with Crippen LogP contribution in [0.15, 0.2) is 78.9 Å². The van der Waals surface area contributed by atoms with Gasteiger partial charge >= 0.3 is 5.97 Å². The van der Waals surface area contributed by atoms with E-state index in [1.54, 1.807) is 36.4 Å². The van der Waals surface area contributed by atoms with Crippen LogP contribution in [-0.2, 0) is 14.3 Å². The summed E-state index contributed by atoms with van der Waals surface area (Å²) in [6.07, 6.45) is -0.996. The Hall–Kier alpha value is -4.31. The van der Waals surface area contributed by atoms with Gasteiger partial charge in [0.05, 0.1) is 11.6 Å². The number of anilines is 3. The van der Waals surface area contributed by atoms with Crippen molar-refractivity contribution in [3.63, 3.8) is 0 Å². The summed E-state index contributed by atoms with van der Waals surface area (Å²) < 4.78 is 10.5. The Bertz CT molecular complexity index is 1060. The third-order valence-electron chi connectivity index (χ3n) is 4.23. The Morgan fingerprint density at radius 3 is 2.16 bits per heavy atom. The summed E-state index contributed by atoms with van der Waals surface area (Å²) in [7, 11) is 0. The number of ether oxygens (including phenoxy) is 2. The molecule has 0 aliphatic rings. The molecule has 1 amide bonds. The zero-order valence-corrected chi connectivity index (χ0v) is 16.9. The van der Waals surface area contributed by atoms with E-state index in [0.29, 0.717) is 17.0 Å². The van der Waals surface area contributed by atoms with E-state index in [9.17, 15) is 9.59 Å². The van der Waals surface area contributed by atoms with Crippen LogP contribution >= 0.6 is 0 Å². The molecule has 3 aromatic rings. The highest BCUT2D eigenvalue weighted by Gasteiger charge is 2.18. The van der Waals surface area contributed by atoms with Crippen molar-refractivity contribution in [3.8, 4) is 11.8 Å². The summed E-state index contributed by atoms with van der Waals surface area (Å²) in [5.74, 6) is -0.631. The third-order valence-corrected chi connectivity index (χ3v) is 4.23. The number of esters is 1. The van der Waals surface area contributed by atoms with Gasteiger partial charge in [0.25, 0.3) is 5.91 Å². The number of benzene rings is 3. The second-order valence-electron chi connectivity index (χ2n) is 6.61. The minimum Gasteiger partial charge on any atom is -0.482 e. The van der Waals surface area contributed by atoms with Crippen molar-refractivity contribution in [2.75, 3.05) is 17.2 Å². The second kappa shape index (κ2) is 10.5. The number of hydrogen-bond acceptors (Lipinski definition) is 6. The van der Waals surface area contributed by atoms with Crippen molar-refractivity contribution in [2.24, 2.45) is 0 Å². The molecule has 0 bridgehead atoms. The van der Waals surface area contributed by atoms with Crippen LogP contribution in [0, 0.1) is 11.3 Å². The van der Waals surface area contributed by atoms with E-state index in [-0.39, 0.29) is 6.61 Å². The number of rotatable bonds is 8. The summed E-state index contributed by atoms with van der Waals surface area (Å²) >= 11 is 0. The molecule has 7 nitrogen and oxygen atoms in total. The number of nitrogens with one attached hydrogen (secondary N) is 2. The first-order chi connectivity index (χ1) is 15.0. The minimum absolute atomic E-state index is 0.319. The van der Waals surface area contributed by atoms with E-state index in [1.807, 2.05) is 48.5 Å². The Balaban J connectivity index is 1.43. The summed E-state index contributed by atoms with van der Waals surface area (Å²) in [6, 6.07) is 25.3. The molecule has 0 unspecified atom stereocenters. The molecule has 0 aliphatic carbocycles. The molecule has 0 saturated heterocycles. The quantitative estimate of drug-likeness (QED) is 0.534. The highest BCUT2D eigenvalue weighted by atomic mass is 16.6. The Morgan fingerprint density at radius 2 is 1.52 bits per heavy atom. The maximum Gasteiger partial charge on any atom is 0.344 e. The lowest BCUT2D eigenvalue weighted by molar-refractivity contribution is -0.155. The summed E-state index contributed by atoms with van der Waals surface area (Å²) in [5.41, 5.74) is 2.84. The van der Waals surface area contributed by atoms with Gasteiger partial charge in [0, 0.05) is 17.1 Å². The monoisotopic (exact) mass is 415 g/mol. The molecule has 3 aromatic carbocycles. The largest absolute Gasteiger partial charge is 0.482 e. The predicted molar refractivity (Wildman–Crippen MR) is 117 cm³/mol. The van der Waals surface area contributed by atoms with Gasteiger partial charge in [0.1, 0.15) is 5.75 Å². The molecule has 0 heterocycles. The van der Waals surface area contributed by atoms with Crippen LogP contribution in [0.4, 0.5) is 17.1 Å². The molecule has 0 fully saturated rings. The summed E-state index contributed by atoms with van der Waals surface area (Å²) in [4.78, 5) is 24.2. The van der Waals surface area contributed by atoms with E-state index >= 15 is 0 Å². The molecule has 0 spiro atoms. The van der Waals surface area contributed by atoms with Crippen molar-refractivity contribution in [1.82, 2.24) is 0 Å². The van der Waals surface area contributed by atoms with Crippen molar-refractivity contribution < 1.29 is 19.1 Å². The van der Waals surface area contributed by atoms with Crippen LogP contribution in [0.3, 0.4) is 0 Å². The lowest BCUT2D eigenvalue weighted by Gasteiger charge is -2.14. The van der Waals surface area contributed by atoms with E-state index in [1.165, 1.54) is 6.92 Å². The van der Waals surface area contributed by atoms with Gasteiger partial charge in [-0.15, -0.1) is 0 Å². The van der Waals surface area contributed by atoms with Crippen LogP contribution in [0.2, 0.25) is 0 Å². The van der Waals surface area contributed by atoms with Crippen LogP contribution in [0.1, 0.15) is 12.5 Å². The number of hydrogen-bond donors (Lipinski definition) is 2. The molecule has 0 aliphatic heterocycles. The SMILES string of the molecule is C[C@@H](OC(=O)COc1ccc(Nc2ccccc2)cc1)C(=O)Nc1ccc(C#N)cc1. The van der Waals surface area contributed by atoms with Crippen LogP contribution in [0.25, 0.3) is 0 Å². The molecule has 0 radical (unpaired) electrons. The van der Waals surface area contributed by atoms with Gasteiger partial charge in [-0.1, -0.05) is 18.2 Å². The average molecular weight is 415 g/mol. The first-order valence-electron chi connectivity index (χ1n) is 9.59. The number of nitrogens with zero attached hydrogens (tertiary/aromatic N) is 1. The summed E-state index contributed by atoms with van der Waals surface area (Å²) in [6.45, 7) is 1.15. The highest BCUT2D eigenvalue weighted by Crippen LogP contribution is 2.20. The van der Waals surface area contributed by atoms with Gasteiger partial charge in [-0.25, -0.2) is 4.79 Å². The molecular formula is C24H21N3O4. The predicted octanol–water partition coefficient (Wildman–Crippen LogP) is 4.25. The maximum absolute atomic E-state index is 12.2. The summed E-state index contributed by atoms with van der Waals surface area (Å²) in [5, 5.41) is 14.7. The number of nitriles is 1. The first-order valence-corrected chi connectivity index (χ1v) is 9.59. The van der Waals surface area contributed by atoms with Crippen LogP contribution in [-0.4, -0.2) is 24.6 Å². The van der Waals surface area contributed by atoms with Crippen molar-refractivity contribution >= 4 is 28.9 Å². The molecule has 0 aromatic heterocycles. The fourth-order valence-corrected chi connectivity index (χ4v) is 2.62. The number of amides is 1. The van der Waals surface area contributed by atoms with E-state index in [2.05, 4.69) is 10.6 Å². The van der Waals surface area contributed by atoms with Crippen LogP contribution < -0.4 is 15.4 Å². The van der Waals surface area contributed by atoms with Gasteiger partial charge in [0.2, 0.25) is 0 Å². The molecule has 2 N–H and O–H groups in total. The number of para-hydroxylation sites is 1. The number of carbonyl (C=O) groups is 2. The molecule has 156 valence electrons. The topological polar surface area (TPSA) is 100 Å². The molecule has 0 saturated carbocycles. The lowest BCUT2D eigenvalue weighted by Crippen LogP contribution is -2.31. The van der Waals surface area contributed by atoms with Crippen molar-refractivity contribution in [2.45, 2.75) is 13.0 Å². The van der Waals surface area contributed by atoms with Crippen molar-refractivity contribution in [1.29, 1.82) is 5.26 Å². The lowest BCUT2D eigenvalue weighted by atomic mass is 10.2. The van der Waals surface area contributed by atoms with Gasteiger partial charge in [-0.2, -0.15) is 5.26 Å². The molecule has 7 heteroatoms. The van der Waals surface area contributed by atoms with Crippen molar-refractivity contribution in [3.05, 3.63) is 84.4 Å². The number of carbonyl (C=O) groups excluding carboxylic acids is 2. The fraction of sp³-hybridized carbons (Fsp3) is 0.125. The normalized spacial score (nSPS) is 11.0. The Kier molecular flexibility index (Phi) is 7.22. The second-order valence-corrected chi connectivity index (χ2v) is 6.61. The molecular weight excluding hydrogens is 394 g/mol. The fourth-order valence-electron chi connectivity index (χ4n) is 2.62. The molecule has 31 heavy (non-hydrogen) atoms. The maximum atomic E-state index is 12.2. The van der Waals surface area contributed by atoms with Gasteiger partial charge < -0.3 is 20.1 Å². The first kappa shape index (κ1) is 21.4. The van der Waals surface area contributed by atoms with E-state index in [4.69, 9.17) is 14.7 Å². The minimum atomic E-state index is -0.996. The van der Waals surface area contributed by atoms with E-state index < -0.39 is 18.0 Å². The standard InChI is InChI=1S/C24H21N3O4/c1-17(24(29)27-21-9-7-18(15-25)8-10-21)31-23(28)16-30-22-13-11-20(12-14-22)26-19-5-3-2-4-6-19/h2-14,17,26H,16H2,1H3,(H,27,29)/t17-/m1/s1. The third kappa shape index (κ3) is 6.61. The molecule has 3 rings (SSSR count). The van der Waals surface area contributed by atoms with Gasteiger partial charge in [0.15, 0.2) is 12.7 Å². The zero-order valence-electron chi connectivity index (χ0n) is 16.9. The van der Waals surface area contributed by atoms with Crippen LogP contribution in [0.5, 0.6) is 5.75 Å². The van der Waals surface area contributed by atoms with Gasteiger partial charge in [-0.3, -0.25) is 4.79 Å². The smallest absolute Gasteiger partial charge is 0.344 e. The van der Waals surface area contributed by atoms with Gasteiger partial charge in [-0.05, 0) is 67.6 Å². The Morgan fingerprint density at radius 1 is 0.903 bits per heavy atom. The average Bonchev–Trinajstić information content (AvgIpc) is 2.80. The van der Waals surface area contributed by atoms with E-state index in [0.717, 1.165) is 11.4 Å². The Labute approximate surface area is 180 Å². The molecule has 1 atom stereocenters.